The van der Waals surface area contributed by atoms with Crippen LogP contribution in [0.4, 0.5) is 0 Å². The molecule has 15 heavy (non-hydrogen) atoms. The lowest BCUT2D eigenvalue weighted by atomic mass is 10.0. The number of aromatic nitrogens is 2. The van der Waals surface area contributed by atoms with Crippen molar-refractivity contribution in [2.75, 3.05) is 13.7 Å². The minimum Gasteiger partial charge on any atom is -0.376 e. The van der Waals surface area contributed by atoms with Gasteiger partial charge in [-0.05, 0) is 26.3 Å². The Hall–Kier alpha value is -0.870. The third-order valence-corrected chi connectivity index (χ3v) is 3.03. The summed E-state index contributed by atoms with van der Waals surface area (Å²) in [6.07, 6.45) is 7.65. The van der Waals surface area contributed by atoms with Crippen LogP contribution in [-0.2, 0) is 11.8 Å². The molecule has 0 spiro atoms. The summed E-state index contributed by atoms with van der Waals surface area (Å²) in [5.74, 6) is 1.06. The zero-order valence-corrected chi connectivity index (χ0v) is 9.44. The molecule has 0 bridgehead atoms. The van der Waals surface area contributed by atoms with Crippen molar-refractivity contribution < 1.29 is 4.74 Å². The monoisotopic (exact) mass is 209 g/mol. The standard InChI is InChI=1S/C11H19N3O/c1-12-10(9-5-3-4-8-15-9)11-13-6-7-14(11)2/h6-7,9-10,12H,3-5,8H2,1-2H3. The molecule has 1 aliphatic rings. The number of hydrogen-bond acceptors (Lipinski definition) is 3. The first kappa shape index (κ1) is 10.6. The fraction of sp³-hybridized carbons (Fsp3) is 0.727. The molecule has 2 atom stereocenters. The Morgan fingerprint density at radius 3 is 3.00 bits per heavy atom. The molecule has 0 aliphatic carbocycles. The molecule has 0 saturated carbocycles. The third kappa shape index (κ3) is 2.21. The topological polar surface area (TPSA) is 39.1 Å². The van der Waals surface area contributed by atoms with Crippen LogP contribution in [0.25, 0.3) is 0 Å². The maximum atomic E-state index is 5.79. The number of imidazole rings is 1. The first-order valence-electron chi connectivity index (χ1n) is 5.59. The van der Waals surface area contributed by atoms with Gasteiger partial charge >= 0.3 is 0 Å². The van der Waals surface area contributed by atoms with Gasteiger partial charge in [0.2, 0.25) is 0 Å². The third-order valence-electron chi connectivity index (χ3n) is 3.03. The zero-order valence-electron chi connectivity index (χ0n) is 9.44. The van der Waals surface area contributed by atoms with Gasteiger partial charge in [-0.2, -0.15) is 0 Å². The van der Waals surface area contributed by atoms with Gasteiger partial charge in [0.1, 0.15) is 5.82 Å². The molecule has 2 heterocycles. The molecule has 0 amide bonds. The fourth-order valence-electron chi connectivity index (χ4n) is 2.19. The average molecular weight is 209 g/mol. The molecule has 1 fully saturated rings. The van der Waals surface area contributed by atoms with E-state index in [1.54, 1.807) is 0 Å². The Balaban J connectivity index is 2.12. The molecule has 1 saturated heterocycles. The predicted octanol–water partition coefficient (Wildman–Crippen LogP) is 1.25. The van der Waals surface area contributed by atoms with E-state index in [-0.39, 0.29) is 12.1 Å². The number of aryl methyl sites for hydroxylation is 1. The highest BCUT2D eigenvalue weighted by Gasteiger charge is 2.27. The SMILES string of the molecule is CNC(c1nccn1C)C1CCCCO1. The van der Waals surface area contributed by atoms with Gasteiger partial charge in [0.05, 0.1) is 12.1 Å². The molecule has 1 N–H and O–H groups in total. The molecule has 1 aromatic rings. The maximum Gasteiger partial charge on any atom is 0.128 e. The summed E-state index contributed by atoms with van der Waals surface area (Å²) >= 11 is 0. The van der Waals surface area contributed by atoms with E-state index < -0.39 is 0 Å². The molecule has 4 nitrogen and oxygen atoms in total. The van der Waals surface area contributed by atoms with Crippen LogP contribution in [0.15, 0.2) is 12.4 Å². The number of likely N-dealkylation sites (N-methyl/N-ethyl adjacent to an activating group) is 1. The van der Waals surface area contributed by atoms with E-state index in [0.29, 0.717) is 0 Å². The van der Waals surface area contributed by atoms with Crippen LogP contribution in [0.3, 0.4) is 0 Å². The van der Waals surface area contributed by atoms with Gasteiger partial charge in [0, 0.05) is 26.0 Å². The molecule has 0 aromatic carbocycles. The largest absolute Gasteiger partial charge is 0.376 e. The molecular formula is C11H19N3O. The number of hydrogen-bond donors (Lipinski definition) is 1. The highest BCUT2D eigenvalue weighted by atomic mass is 16.5. The van der Waals surface area contributed by atoms with E-state index in [1.807, 2.05) is 26.5 Å². The van der Waals surface area contributed by atoms with Crippen LogP contribution in [0.5, 0.6) is 0 Å². The van der Waals surface area contributed by atoms with E-state index >= 15 is 0 Å². The van der Waals surface area contributed by atoms with Crippen molar-refractivity contribution in [1.29, 1.82) is 0 Å². The zero-order chi connectivity index (χ0) is 10.7. The van der Waals surface area contributed by atoms with Gasteiger partial charge < -0.3 is 14.6 Å². The maximum absolute atomic E-state index is 5.79. The van der Waals surface area contributed by atoms with Gasteiger partial charge in [-0.25, -0.2) is 4.98 Å². The average Bonchev–Trinajstić information content (AvgIpc) is 2.68. The van der Waals surface area contributed by atoms with Crippen molar-refractivity contribution in [2.24, 2.45) is 7.05 Å². The number of rotatable bonds is 3. The highest BCUT2D eigenvalue weighted by molar-refractivity contribution is 5.01. The molecule has 1 aromatic heterocycles. The lowest BCUT2D eigenvalue weighted by molar-refractivity contribution is -0.00893. The summed E-state index contributed by atoms with van der Waals surface area (Å²) in [6.45, 7) is 0.882. The lowest BCUT2D eigenvalue weighted by Crippen LogP contribution is -2.35. The van der Waals surface area contributed by atoms with Crippen molar-refractivity contribution in [3.63, 3.8) is 0 Å². The van der Waals surface area contributed by atoms with Crippen LogP contribution < -0.4 is 5.32 Å². The number of ether oxygens (including phenoxy) is 1. The first-order chi connectivity index (χ1) is 7.33. The summed E-state index contributed by atoms with van der Waals surface area (Å²) in [7, 11) is 3.99. The van der Waals surface area contributed by atoms with E-state index in [1.165, 1.54) is 12.8 Å². The molecule has 84 valence electrons. The van der Waals surface area contributed by atoms with Crippen molar-refractivity contribution >= 4 is 0 Å². The van der Waals surface area contributed by atoms with Crippen LogP contribution >= 0.6 is 0 Å². The van der Waals surface area contributed by atoms with E-state index in [0.717, 1.165) is 18.9 Å². The van der Waals surface area contributed by atoms with Crippen LogP contribution in [0.1, 0.15) is 31.1 Å². The Bertz CT molecular complexity index is 305. The highest BCUT2D eigenvalue weighted by Crippen LogP contribution is 2.24. The van der Waals surface area contributed by atoms with Gasteiger partial charge in [0.25, 0.3) is 0 Å². The van der Waals surface area contributed by atoms with Crippen LogP contribution in [0, 0.1) is 0 Å². The van der Waals surface area contributed by atoms with Gasteiger partial charge in [-0.15, -0.1) is 0 Å². The summed E-state index contributed by atoms with van der Waals surface area (Å²) in [6, 6.07) is 0.213. The van der Waals surface area contributed by atoms with E-state index in [4.69, 9.17) is 4.74 Å². The molecule has 2 unspecified atom stereocenters. The Morgan fingerprint density at radius 1 is 1.60 bits per heavy atom. The van der Waals surface area contributed by atoms with Crippen molar-refractivity contribution in [2.45, 2.75) is 31.4 Å². The molecule has 1 aliphatic heterocycles. The predicted molar refractivity (Wildman–Crippen MR) is 58.6 cm³/mol. The first-order valence-corrected chi connectivity index (χ1v) is 5.59. The van der Waals surface area contributed by atoms with Gasteiger partial charge in [-0.1, -0.05) is 0 Å². The summed E-state index contributed by atoms with van der Waals surface area (Å²) in [5.41, 5.74) is 0. The number of nitrogens with one attached hydrogen (secondary N) is 1. The van der Waals surface area contributed by atoms with Crippen LogP contribution in [-0.4, -0.2) is 29.3 Å². The van der Waals surface area contributed by atoms with Gasteiger partial charge in [-0.3, -0.25) is 0 Å². The van der Waals surface area contributed by atoms with Crippen molar-refractivity contribution in [3.8, 4) is 0 Å². The number of nitrogens with zero attached hydrogens (tertiary/aromatic N) is 2. The summed E-state index contributed by atoms with van der Waals surface area (Å²) in [4.78, 5) is 4.38. The summed E-state index contributed by atoms with van der Waals surface area (Å²) < 4.78 is 7.85. The van der Waals surface area contributed by atoms with Crippen molar-refractivity contribution in [1.82, 2.24) is 14.9 Å². The van der Waals surface area contributed by atoms with Gasteiger partial charge in [0.15, 0.2) is 0 Å². The molecule has 2 rings (SSSR count). The van der Waals surface area contributed by atoms with Crippen LogP contribution in [0.2, 0.25) is 0 Å². The fourth-order valence-corrected chi connectivity index (χ4v) is 2.19. The van der Waals surface area contributed by atoms with E-state index in [9.17, 15) is 0 Å². The minimum atomic E-state index is 0.213. The molecule has 4 heteroatoms. The van der Waals surface area contributed by atoms with E-state index in [2.05, 4.69) is 14.9 Å². The quantitative estimate of drug-likeness (QED) is 0.814. The minimum absolute atomic E-state index is 0.213. The Labute approximate surface area is 90.6 Å². The Kier molecular flexibility index (Phi) is 3.38. The smallest absolute Gasteiger partial charge is 0.128 e. The lowest BCUT2D eigenvalue weighted by Gasteiger charge is -2.29. The molecule has 0 radical (unpaired) electrons. The second-order valence-electron chi connectivity index (χ2n) is 4.07. The van der Waals surface area contributed by atoms with Crippen molar-refractivity contribution in [3.05, 3.63) is 18.2 Å². The normalized spacial score (nSPS) is 24.0. The Morgan fingerprint density at radius 2 is 2.47 bits per heavy atom. The second-order valence-corrected chi connectivity index (χ2v) is 4.07. The summed E-state index contributed by atoms with van der Waals surface area (Å²) in [5, 5.41) is 3.31. The second kappa shape index (κ2) is 4.77. The molecular weight excluding hydrogens is 190 g/mol.